The number of H-pyrrole nitrogens is 1. The largest absolute Gasteiger partial charge is 0.340 e. The first-order chi connectivity index (χ1) is 8.21. The molecule has 0 radical (unpaired) electrons. The van der Waals surface area contributed by atoms with Gasteiger partial charge in [-0.05, 0) is 6.08 Å². The molecule has 0 aromatic carbocycles. The Hall–Kier alpha value is -2.16. The standard InChI is InChI=1S/C14H15N3/c1-5-9(4)14-16-12-8-15-11(7-3)10(6-2)13(12)17-14/h5-9H,1-3H2,4H3,(H,16,17)/t9-/m0/s1. The summed E-state index contributed by atoms with van der Waals surface area (Å²) in [5, 5.41) is 0. The first-order valence-corrected chi connectivity index (χ1v) is 5.47. The van der Waals surface area contributed by atoms with Crippen molar-refractivity contribution in [2.45, 2.75) is 12.8 Å². The van der Waals surface area contributed by atoms with Crippen LogP contribution in [0.3, 0.4) is 0 Å². The van der Waals surface area contributed by atoms with Crippen LogP contribution in [0.4, 0.5) is 0 Å². The maximum absolute atomic E-state index is 4.58. The summed E-state index contributed by atoms with van der Waals surface area (Å²) in [5.41, 5.74) is 3.51. The Kier molecular flexibility index (Phi) is 2.91. The second-order valence-corrected chi connectivity index (χ2v) is 3.87. The van der Waals surface area contributed by atoms with E-state index >= 15 is 0 Å². The highest BCUT2D eigenvalue weighted by molar-refractivity contribution is 5.87. The number of nitrogens with one attached hydrogen (secondary N) is 1. The molecule has 1 N–H and O–H groups in total. The van der Waals surface area contributed by atoms with Gasteiger partial charge in [-0.3, -0.25) is 4.98 Å². The molecule has 2 rings (SSSR count). The lowest BCUT2D eigenvalue weighted by molar-refractivity contribution is 0.880. The maximum Gasteiger partial charge on any atom is 0.113 e. The average Bonchev–Trinajstić information content (AvgIpc) is 2.80. The van der Waals surface area contributed by atoms with Gasteiger partial charge in [-0.25, -0.2) is 4.98 Å². The van der Waals surface area contributed by atoms with Gasteiger partial charge < -0.3 is 4.98 Å². The molecule has 0 bridgehead atoms. The molecule has 3 heteroatoms. The number of imidazole rings is 1. The van der Waals surface area contributed by atoms with Crippen molar-refractivity contribution in [3.63, 3.8) is 0 Å². The molecule has 0 saturated carbocycles. The van der Waals surface area contributed by atoms with Gasteiger partial charge in [0.1, 0.15) is 5.82 Å². The Morgan fingerprint density at radius 2 is 2.06 bits per heavy atom. The van der Waals surface area contributed by atoms with Crippen molar-refractivity contribution >= 4 is 23.2 Å². The number of aromatic amines is 1. The van der Waals surface area contributed by atoms with Gasteiger partial charge in [0.05, 0.1) is 22.9 Å². The number of rotatable bonds is 4. The third kappa shape index (κ3) is 1.80. The molecule has 0 aliphatic carbocycles. The molecule has 86 valence electrons. The molecule has 0 spiro atoms. The predicted octanol–water partition coefficient (Wildman–Crippen LogP) is 3.53. The van der Waals surface area contributed by atoms with E-state index < -0.39 is 0 Å². The van der Waals surface area contributed by atoms with Crippen molar-refractivity contribution in [3.8, 4) is 0 Å². The maximum atomic E-state index is 4.58. The highest BCUT2D eigenvalue weighted by Crippen LogP contribution is 2.23. The summed E-state index contributed by atoms with van der Waals surface area (Å²) in [4.78, 5) is 12.1. The topological polar surface area (TPSA) is 41.6 Å². The van der Waals surface area contributed by atoms with Gasteiger partial charge in [0.2, 0.25) is 0 Å². The number of allylic oxidation sites excluding steroid dienone is 1. The predicted molar refractivity (Wildman–Crippen MR) is 72.7 cm³/mol. The lowest BCUT2D eigenvalue weighted by Crippen LogP contribution is -1.90. The Labute approximate surface area is 101 Å². The van der Waals surface area contributed by atoms with Crippen molar-refractivity contribution in [1.82, 2.24) is 15.0 Å². The minimum atomic E-state index is 0.187. The minimum absolute atomic E-state index is 0.187. The average molecular weight is 225 g/mol. The van der Waals surface area contributed by atoms with Crippen LogP contribution in [0, 0.1) is 0 Å². The number of aromatic nitrogens is 3. The normalized spacial score (nSPS) is 12.3. The molecule has 2 aromatic rings. The third-order valence-corrected chi connectivity index (χ3v) is 2.80. The van der Waals surface area contributed by atoms with Crippen molar-refractivity contribution in [1.29, 1.82) is 0 Å². The molecular weight excluding hydrogens is 210 g/mol. The highest BCUT2D eigenvalue weighted by Gasteiger charge is 2.11. The molecule has 3 nitrogen and oxygen atoms in total. The Bertz CT molecular complexity index is 593. The van der Waals surface area contributed by atoms with Crippen LogP contribution in [-0.4, -0.2) is 15.0 Å². The van der Waals surface area contributed by atoms with Crippen LogP contribution in [0.15, 0.2) is 32.0 Å². The number of nitrogens with zero attached hydrogens (tertiary/aromatic N) is 2. The van der Waals surface area contributed by atoms with Crippen molar-refractivity contribution in [2.24, 2.45) is 0 Å². The van der Waals surface area contributed by atoms with Crippen LogP contribution in [0.1, 0.15) is 29.9 Å². The Balaban J connectivity index is 2.72. The van der Waals surface area contributed by atoms with Crippen LogP contribution in [0.5, 0.6) is 0 Å². The van der Waals surface area contributed by atoms with Gasteiger partial charge >= 0.3 is 0 Å². The first-order valence-electron chi connectivity index (χ1n) is 5.47. The zero-order valence-corrected chi connectivity index (χ0v) is 9.90. The summed E-state index contributed by atoms with van der Waals surface area (Å²) in [5.74, 6) is 1.08. The lowest BCUT2D eigenvalue weighted by atomic mass is 10.1. The monoisotopic (exact) mass is 225 g/mol. The van der Waals surface area contributed by atoms with Crippen LogP contribution in [-0.2, 0) is 0 Å². The summed E-state index contributed by atoms with van der Waals surface area (Å²) in [6, 6.07) is 0. The first kappa shape index (κ1) is 11.3. The molecule has 0 aliphatic heterocycles. The molecule has 0 unspecified atom stereocenters. The van der Waals surface area contributed by atoms with Gasteiger partial charge in [-0.2, -0.15) is 0 Å². The number of hydrogen-bond acceptors (Lipinski definition) is 2. The minimum Gasteiger partial charge on any atom is -0.340 e. The van der Waals surface area contributed by atoms with Gasteiger partial charge in [-0.1, -0.05) is 32.2 Å². The van der Waals surface area contributed by atoms with Crippen LogP contribution in [0.25, 0.3) is 23.2 Å². The van der Waals surface area contributed by atoms with Gasteiger partial charge in [0.25, 0.3) is 0 Å². The second kappa shape index (κ2) is 4.37. The number of hydrogen-bond donors (Lipinski definition) is 1. The summed E-state index contributed by atoms with van der Waals surface area (Å²) in [6.07, 6.45) is 7.09. The lowest BCUT2D eigenvalue weighted by Gasteiger charge is -1.99. The number of fused-ring (bicyclic) bond motifs is 1. The van der Waals surface area contributed by atoms with Crippen LogP contribution in [0.2, 0.25) is 0 Å². The molecule has 2 aromatic heterocycles. The summed E-state index contributed by atoms with van der Waals surface area (Å²) < 4.78 is 0. The van der Waals surface area contributed by atoms with E-state index in [1.807, 2.05) is 13.0 Å². The molecule has 2 heterocycles. The SMILES string of the molecule is C=Cc1ncc2[nH]c([C@@H](C)C=C)nc2c1C=C. The summed E-state index contributed by atoms with van der Waals surface area (Å²) >= 11 is 0. The van der Waals surface area contributed by atoms with Crippen molar-refractivity contribution < 1.29 is 0 Å². The second-order valence-electron chi connectivity index (χ2n) is 3.87. The number of pyridine rings is 1. The van der Waals surface area contributed by atoms with Crippen LogP contribution >= 0.6 is 0 Å². The molecule has 0 saturated heterocycles. The van der Waals surface area contributed by atoms with E-state index in [0.717, 1.165) is 28.1 Å². The zero-order valence-electron chi connectivity index (χ0n) is 9.90. The van der Waals surface area contributed by atoms with Gasteiger partial charge in [-0.15, -0.1) is 6.58 Å². The zero-order chi connectivity index (χ0) is 12.4. The molecule has 17 heavy (non-hydrogen) atoms. The Morgan fingerprint density at radius 1 is 1.29 bits per heavy atom. The smallest absolute Gasteiger partial charge is 0.113 e. The van der Waals surface area contributed by atoms with Crippen molar-refractivity contribution in [2.75, 3.05) is 0 Å². The van der Waals surface area contributed by atoms with E-state index in [1.54, 1.807) is 18.3 Å². The Morgan fingerprint density at radius 3 is 2.65 bits per heavy atom. The summed E-state index contributed by atoms with van der Waals surface area (Å²) in [6.45, 7) is 13.4. The quantitative estimate of drug-likeness (QED) is 0.809. The molecular formula is C14H15N3. The summed E-state index contributed by atoms with van der Waals surface area (Å²) in [7, 11) is 0. The molecule has 0 aliphatic rings. The molecule has 0 fully saturated rings. The van der Waals surface area contributed by atoms with E-state index in [0.29, 0.717) is 0 Å². The van der Waals surface area contributed by atoms with E-state index in [2.05, 4.69) is 34.7 Å². The van der Waals surface area contributed by atoms with Gasteiger partial charge in [0, 0.05) is 11.5 Å². The fourth-order valence-electron chi connectivity index (χ4n) is 1.72. The van der Waals surface area contributed by atoms with Crippen LogP contribution < -0.4 is 0 Å². The fraction of sp³-hybridized carbons (Fsp3) is 0.143. The third-order valence-electron chi connectivity index (χ3n) is 2.80. The van der Waals surface area contributed by atoms with E-state index in [4.69, 9.17) is 0 Å². The van der Waals surface area contributed by atoms with E-state index in [-0.39, 0.29) is 5.92 Å². The van der Waals surface area contributed by atoms with E-state index in [9.17, 15) is 0 Å². The molecule has 0 amide bonds. The van der Waals surface area contributed by atoms with Gasteiger partial charge in [0.15, 0.2) is 0 Å². The van der Waals surface area contributed by atoms with E-state index in [1.165, 1.54) is 0 Å². The fourth-order valence-corrected chi connectivity index (χ4v) is 1.72. The van der Waals surface area contributed by atoms with Crippen molar-refractivity contribution in [3.05, 3.63) is 49.1 Å². The highest BCUT2D eigenvalue weighted by atomic mass is 14.9. The molecule has 1 atom stereocenters.